The molecule has 1 N–H and O–H groups in total. The molecule has 2 aromatic rings. The van der Waals surface area contributed by atoms with Gasteiger partial charge in [0.05, 0.1) is 0 Å². The van der Waals surface area contributed by atoms with Crippen LogP contribution in [0.2, 0.25) is 0 Å². The Labute approximate surface area is 96.1 Å². The molecule has 0 aliphatic carbocycles. The molecule has 64 valence electrons. The van der Waals surface area contributed by atoms with Crippen molar-refractivity contribution in [3.63, 3.8) is 0 Å². The van der Waals surface area contributed by atoms with Crippen molar-refractivity contribution in [2.75, 3.05) is 0 Å². The van der Waals surface area contributed by atoms with E-state index in [1.165, 1.54) is 0 Å². The van der Waals surface area contributed by atoms with Crippen LogP contribution in [0.15, 0.2) is 54.6 Å². The quantitative estimate of drug-likeness (QED) is 0.578. The van der Waals surface area contributed by atoms with Crippen molar-refractivity contribution in [1.29, 1.82) is 0 Å². The fourth-order valence-corrected chi connectivity index (χ4v) is 1.35. The Bertz CT molecular complexity index is 398. The zero-order chi connectivity index (χ0) is 9.10. The molecule has 0 heterocycles. The van der Waals surface area contributed by atoms with Gasteiger partial charge in [0.15, 0.2) is 0 Å². The van der Waals surface area contributed by atoms with Crippen molar-refractivity contribution in [3.05, 3.63) is 60.3 Å². The number of hydrogen-bond donors (Lipinski definition) is 0. The van der Waals surface area contributed by atoms with Crippen molar-refractivity contribution in [1.82, 2.24) is 0 Å². The summed E-state index contributed by atoms with van der Waals surface area (Å²) in [5.41, 5.74) is 10.4. The van der Waals surface area contributed by atoms with Crippen LogP contribution in [0, 0.1) is 0 Å². The minimum atomic E-state index is 0. The summed E-state index contributed by atoms with van der Waals surface area (Å²) in [5.74, 6) is 0. The van der Waals surface area contributed by atoms with E-state index in [1.807, 2.05) is 54.6 Å². The van der Waals surface area contributed by atoms with Gasteiger partial charge < -0.3 is 5.73 Å². The minimum absolute atomic E-state index is 0. The molecule has 0 fully saturated rings. The number of rotatable bonds is 1. The van der Waals surface area contributed by atoms with Crippen LogP contribution < -0.4 is 18.9 Å². The third-order valence-electron chi connectivity index (χ3n) is 2.01. The summed E-state index contributed by atoms with van der Waals surface area (Å²) in [6.45, 7) is 0. The molecule has 2 aromatic carbocycles. The van der Waals surface area contributed by atoms with Crippen LogP contribution in [0.3, 0.4) is 0 Å². The molecule has 0 aromatic heterocycles. The van der Waals surface area contributed by atoms with Gasteiger partial charge in [-0.2, -0.15) is 0 Å². The van der Waals surface area contributed by atoms with E-state index < -0.39 is 0 Å². The largest absolute Gasteiger partial charge is 1.00 e. The van der Waals surface area contributed by atoms with E-state index in [-0.39, 0.29) is 18.9 Å². The van der Waals surface area contributed by atoms with Gasteiger partial charge >= 0.3 is 18.9 Å². The summed E-state index contributed by atoms with van der Waals surface area (Å²) in [6.07, 6.45) is 0. The maximum atomic E-state index is 7.71. The van der Waals surface area contributed by atoms with E-state index in [0.29, 0.717) is 5.69 Å². The maximum Gasteiger partial charge on any atom is 1.00 e. The predicted molar refractivity (Wildman–Crippen MR) is 55.9 cm³/mol. The third kappa shape index (κ3) is 2.20. The summed E-state index contributed by atoms with van der Waals surface area (Å²) in [5, 5.41) is 0. The summed E-state index contributed by atoms with van der Waals surface area (Å²) >= 11 is 0. The second-order valence-corrected chi connectivity index (χ2v) is 2.91. The van der Waals surface area contributed by atoms with Crippen LogP contribution in [0.5, 0.6) is 0 Å². The van der Waals surface area contributed by atoms with Gasteiger partial charge in [0.25, 0.3) is 0 Å². The first-order valence-corrected chi connectivity index (χ1v) is 4.24. The molecule has 2 rings (SSSR count). The molecule has 0 radical (unpaired) electrons. The first kappa shape index (κ1) is 10.9. The molecule has 0 saturated heterocycles. The van der Waals surface area contributed by atoms with Crippen LogP contribution >= 0.6 is 0 Å². The smallest absolute Gasteiger partial charge is 0.698 e. The standard InChI is InChI=1S/C12H10N.Li/c13-12-9-5-4-8-11(12)10-6-2-1-3-7-10;/h1-9,13H;/q-1;+1. The average Bonchev–Trinajstić information content (AvgIpc) is 2.20. The first-order chi connectivity index (χ1) is 6.38. The van der Waals surface area contributed by atoms with Crippen LogP contribution in [-0.2, 0) is 0 Å². The second-order valence-electron chi connectivity index (χ2n) is 2.91. The fourth-order valence-electron chi connectivity index (χ4n) is 1.35. The van der Waals surface area contributed by atoms with Crippen LogP contribution in [0.4, 0.5) is 5.69 Å². The molecular formula is C12H10LiN. The molecule has 2 heteroatoms. The van der Waals surface area contributed by atoms with Crippen molar-refractivity contribution in [2.45, 2.75) is 0 Å². The number of nitrogens with one attached hydrogen (secondary N) is 1. The van der Waals surface area contributed by atoms with Crippen molar-refractivity contribution >= 4 is 5.69 Å². The van der Waals surface area contributed by atoms with E-state index in [9.17, 15) is 0 Å². The molecule has 0 aliphatic rings. The third-order valence-corrected chi connectivity index (χ3v) is 2.01. The molecule has 0 amide bonds. The molecular weight excluding hydrogens is 165 g/mol. The Balaban J connectivity index is 0.000000980. The van der Waals surface area contributed by atoms with Crippen molar-refractivity contribution in [2.24, 2.45) is 0 Å². The van der Waals surface area contributed by atoms with Gasteiger partial charge in [0.2, 0.25) is 0 Å². The van der Waals surface area contributed by atoms with Crippen molar-refractivity contribution < 1.29 is 18.9 Å². The van der Waals surface area contributed by atoms with E-state index >= 15 is 0 Å². The Morgan fingerprint density at radius 2 is 1.29 bits per heavy atom. The van der Waals surface area contributed by atoms with Crippen LogP contribution in [0.1, 0.15) is 0 Å². The Hall–Kier alpha value is -1.16. The minimum Gasteiger partial charge on any atom is -0.698 e. The monoisotopic (exact) mass is 175 g/mol. The fraction of sp³-hybridized carbons (Fsp3) is 0. The van der Waals surface area contributed by atoms with E-state index in [1.54, 1.807) is 0 Å². The molecule has 0 atom stereocenters. The van der Waals surface area contributed by atoms with Crippen LogP contribution in [-0.4, -0.2) is 0 Å². The van der Waals surface area contributed by atoms with Gasteiger partial charge in [-0.05, 0) is 11.1 Å². The zero-order valence-corrected chi connectivity index (χ0v) is 8.20. The van der Waals surface area contributed by atoms with Gasteiger partial charge in [-0.15, -0.1) is 5.69 Å². The Kier molecular flexibility index (Phi) is 3.82. The molecule has 0 bridgehead atoms. The summed E-state index contributed by atoms with van der Waals surface area (Å²) in [4.78, 5) is 0. The summed E-state index contributed by atoms with van der Waals surface area (Å²) < 4.78 is 0. The summed E-state index contributed by atoms with van der Waals surface area (Å²) in [6, 6.07) is 17.6. The van der Waals surface area contributed by atoms with Crippen molar-refractivity contribution in [3.8, 4) is 11.1 Å². The molecule has 0 unspecified atom stereocenters. The molecule has 1 nitrogen and oxygen atoms in total. The van der Waals surface area contributed by atoms with Gasteiger partial charge in [0.1, 0.15) is 0 Å². The van der Waals surface area contributed by atoms with Gasteiger partial charge in [-0.25, -0.2) is 0 Å². The topological polar surface area (TPSA) is 23.8 Å². The van der Waals surface area contributed by atoms with E-state index in [2.05, 4.69) is 0 Å². The molecule has 14 heavy (non-hydrogen) atoms. The van der Waals surface area contributed by atoms with E-state index in [0.717, 1.165) is 11.1 Å². The normalized spacial score (nSPS) is 9.14. The van der Waals surface area contributed by atoms with E-state index in [4.69, 9.17) is 5.73 Å². The maximum absolute atomic E-state index is 7.71. The average molecular weight is 175 g/mol. The molecule has 0 saturated carbocycles. The van der Waals surface area contributed by atoms with Crippen LogP contribution in [0.25, 0.3) is 16.9 Å². The number of benzene rings is 2. The number of hydrogen-bond acceptors (Lipinski definition) is 0. The second kappa shape index (κ2) is 4.90. The Morgan fingerprint density at radius 3 is 1.93 bits per heavy atom. The molecule has 0 aliphatic heterocycles. The summed E-state index contributed by atoms with van der Waals surface area (Å²) in [7, 11) is 0. The first-order valence-electron chi connectivity index (χ1n) is 4.24. The Morgan fingerprint density at radius 1 is 0.714 bits per heavy atom. The zero-order valence-electron chi connectivity index (χ0n) is 8.20. The van der Waals surface area contributed by atoms with Gasteiger partial charge in [-0.3, -0.25) is 0 Å². The van der Waals surface area contributed by atoms with Gasteiger partial charge in [0, 0.05) is 0 Å². The van der Waals surface area contributed by atoms with Gasteiger partial charge in [-0.1, -0.05) is 54.6 Å². The SMILES string of the molecule is [Li+].[NH-]c1ccccc1-c1ccccc1. The molecule has 0 spiro atoms. The predicted octanol–water partition coefficient (Wildman–Crippen LogP) is 1.04.